The highest BCUT2D eigenvalue weighted by Crippen LogP contribution is 2.16. The summed E-state index contributed by atoms with van der Waals surface area (Å²) in [5.74, 6) is 0.623. The summed E-state index contributed by atoms with van der Waals surface area (Å²) < 4.78 is 0. The van der Waals surface area contributed by atoms with Crippen LogP contribution in [0.5, 0.6) is 0 Å². The number of benzene rings is 1. The molecule has 0 bridgehead atoms. The van der Waals surface area contributed by atoms with Crippen molar-refractivity contribution >= 4 is 11.6 Å². The third-order valence-corrected chi connectivity index (χ3v) is 4.13. The van der Waals surface area contributed by atoms with Gasteiger partial charge in [-0.05, 0) is 70.0 Å². The van der Waals surface area contributed by atoms with Gasteiger partial charge in [-0.3, -0.25) is 4.79 Å². The summed E-state index contributed by atoms with van der Waals surface area (Å²) in [6.45, 7) is 7.98. The van der Waals surface area contributed by atoms with E-state index in [1.807, 2.05) is 25.1 Å². The van der Waals surface area contributed by atoms with E-state index in [1.165, 1.54) is 19.4 Å². The van der Waals surface area contributed by atoms with Crippen molar-refractivity contribution in [1.29, 1.82) is 0 Å². The highest BCUT2D eigenvalue weighted by atomic mass is 16.1. The molecule has 2 rings (SSSR count). The van der Waals surface area contributed by atoms with Gasteiger partial charge in [-0.15, -0.1) is 0 Å². The predicted molar refractivity (Wildman–Crippen MR) is 87.9 cm³/mol. The number of nitrogens with one attached hydrogen (secondary N) is 2. The summed E-state index contributed by atoms with van der Waals surface area (Å²) in [6, 6.07) is 5.92. The molecular formula is C17H27N3O. The first-order chi connectivity index (χ1) is 10.1. The number of amides is 1. The minimum Gasteiger partial charge on any atom is -0.385 e. The molecule has 0 saturated carbocycles. The number of carbonyl (C=O) groups excluding carboxylic acids is 1. The molecule has 4 heteroatoms. The second kappa shape index (κ2) is 7.46. The van der Waals surface area contributed by atoms with Crippen molar-refractivity contribution in [3.8, 4) is 0 Å². The predicted octanol–water partition coefficient (Wildman–Crippen LogP) is 2.50. The Kier molecular flexibility index (Phi) is 5.62. The smallest absolute Gasteiger partial charge is 0.251 e. The second-order valence-electron chi connectivity index (χ2n) is 6.04. The van der Waals surface area contributed by atoms with E-state index in [2.05, 4.69) is 29.5 Å². The van der Waals surface area contributed by atoms with Gasteiger partial charge in [0.1, 0.15) is 0 Å². The summed E-state index contributed by atoms with van der Waals surface area (Å²) in [6.07, 6.45) is 2.44. The van der Waals surface area contributed by atoms with E-state index in [0.717, 1.165) is 36.4 Å². The fourth-order valence-electron chi connectivity index (χ4n) is 3.00. The molecule has 1 amide bonds. The standard InChI is InChI=1S/C17H27N3O/c1-4-18-15-7-8-16(13(2)10-15)17(21)19-11-14-6-5-9-20(3)12-14/h7-8,10,14,18H,4-6,9,11-12H2,1-3H3,(H,19,21). The van der Waals surface area contributed by atoms with Crippen LogP contribution in [0.2, 0.25) is 0 Å². The molecule has 4 nitrogen and oxygen atoms in total. The van der Waals surface area contributed by atoms with Crippen molar-refractivity contribution in [3.63, 3.8) is 0 Å². The molecule has 116 valence electrons. The average molecular weight is 289 g/mol. The first-order valence-electron chi connectivity index (χ1n) is 7.91. The number of rotatable bonds is 5. The summed E-state index contributed by atoms with van der Waals surface area (Å²) >= 11 is 0. The summed E-state index contributed by atoms with van der Waals surface area (Å²) in [4.78, 5) is 14.7. The van der Waals surface area contributed by atoms with Gasteiger partial charge in [0.05, 0.1) is 0 Å². The van der Waals surface area contributed by atoms with E-state index in [-0.39, 0.29) is 5.91 Å². The van der Waals surface area contributed by atoms with Crippen LogP contribution >= 0.6 is 0 Å². The second-order valence-corrected chi connectivity index (χ2v) is 6.04. The Morgan fingerprint density at radius 1 is 1.43 bits per heavy atom. The molecule has 1 aromatic rings. The highest BCUT2D eigenvalue weighted by Gasteiger charge is 2.18. The molecule has 1 aromatic carbocycles. The largest absolute Gasteiger partial charge is 0.385 e. The van der Waals surface area contributed by atoms with Crippen molar-refractivity contribution in [2.45, 2.75) is 26.7 Å². The maximum atomic E-state index is 12.3. The Morgan fingerprint density at radius 2 is 2.24 bits per heavy atom. The van der Waals surface area contributed by atoms with Crippen LogP contribution in [0.4, 0.5) is 5.69 Å². The van der Waals surface area contributed by atoms with Gasteiger partial charge in [0.25, 0.3) is 5.91 Å². The molecule has 1 fully saturated rings. The SMILES string of the molecule is CCNc1ccc(C(=O)NCC2CCCN(C)C2)c(C)c1. The van der Waals surface area contributed by atoms with Crippen molar-refractivity contribution in [2.24, 2.45) is 5.92 Å². The van der Waals surface area contributed by atoms with Gasteiger partial charge < -0.3 is 15.5 Å². The molecule has 1 atom stereocenters. The van der Waals surface area contributed by atoms with Gasteiger partial charge in [0.2, 0.25) is 0 Å². The van der Waals surface area contributed by atoms with Crippen molar-refractivity contribution in [1.82, 2.24) is 10.2 Å². The fraction of sp³-hybridized carbons (Fsp3) is 0.588. The van der Waals surface area contributed by atoms with Gasteiger partial charge in [0.15, 0.2) is 0 Å². The molecule has 1 unspecified atom stereocenters. The summed E-state index contributed by atoms with van der Waals surface area (Å²) in [5.41, 5.74) is 2.87. The topological polar surface area (TPSA) is 44.4 Å². The van der Waals surface area contributed by atoms with E-state index < -0.39 is 0 Å². The lowest BCUT2D eigenvalue weighted by Crippen LogP contribution is -2.39. The summed E-state index contributed by atoms with van der Waals surface area (Å²) in [5, 5.41) is 6.36. The van der Waals surface area contributed by atoms with Crippen LogP contribution in [0.25, 0.3) is 0 Å². The maximum absolute atomic E-state index is 12.3. The zero-order chi connectivity index (χ0) is 15.2. The summed E-state index contributed by atoms with van der Waals surface area (Å²) in [7, 11) is 2.15. The maximum Gasteiger partial charge on any atom is 0.251 e. The minimum atomic E-state index is 0.0452. The Bertz CT molecular complexity index is 487. The highest BCUT2D eigenvalue weighted by molar-refractivity contribution is 5.96. The molecule has 1 aliphatic rings. The zero-order valence-electron chi connectivity index (χ0n) is 13.4. The molecule has 0 radical (unpaired) electrons. The van der Waals surface area contributed by atoms with Crippen LogP contribution in [0, 0.1) is 12.8 Å². The van der Waals surface area contributed by atoms with Gasteiger partial charge in [-0.2, -0.15) is 0 Å². The number of nitrogens with zero attached hydrogens (tertiary/aromatic N) is 1. The quantitative estimate of drug-likeness (QED) is 0.875. The van der Waals surface area contributed by atoms with Gasteiger partial charge >= 0.3 is 0 Å². The van der Waals surface area contributed by atoms with Gasteiger partial charge in [0, 0.05) is 30.9 Å². The number of hydrogen-bond acceptors (Lipinski definition) is 3. The van der Waals surface area contributed by atoms with E-state index in [4.69, 9.17) is 0 Å². The lowest BCUT2D eigenvalue weighted by Gasteiger charge is -2.29. The average Bonchev–Trinajstić information content (AvgIpc) is 2.45. The molecule has 21 heavy (non-hydrogen) atoms. The van der Waals surface area contributed by atoms with Crippen molar-refractivity contribution in [3.05, 3.63) is 29.3 Å². The third kappa shape index (κ3) is 4.46. The Morgan fingerprint density at radius 3 is 2.90 bits per heavy atom. The van der Waals surface area contributed by atoms with Crippen LogP contribution in [0.1, 0.15) is 35.7 Å². The molecule has 0 aromatic heterocycles. The lowest BCUT2D eigenvalue weighted by molar-refractivity contribution is 0.0936. The van der Waals surface area contributed by atoms with Crippen LogP contribution in [0.3, 0.4) is 0 Å². The number of aryl methyl sites for hydroxylation is 1. The Balaban J connectivity index is 1.91. The van der Waals surface area contributed by atoms with Crippen LogP contribution in [0.15, 0.2) is 18.2 Å². The van der Waals surface area contributed by atoms with Crippen LogP contribution < -0.4 is 10.6 Å². The fourth-order valence-corrected chi connectivity index (χ4v) is 3.00. The van der Waals surface area contributed by atoms with Crippen molar-refractivity contribution < 1.29 is 4.79 Å². The minimum absolute atomic E-state index is 0.0452. The molecule has 0 spiro atoms. The van der Waals surface area contributed by atoms with Gasteiger partial charge in [-0.1, -0.05) is 0 Å². The molecular weight excluding hydrogens is 262 g/mol. The molecule has 1 heterocycles. The van der Waals surface area contributed by atoms with E-state index >= 15 is 0 Å². The van der Waals surface area contributed by atoms with Crippen LogP contribution in [-0.2, 0) is 0 Å². The third-order valence-electron chi connectivity index (χ3n) is 4.13. The monoisotopic (exact) mass is 289 g/mol. The number of hydrogen-bond donors (Lipinski definition) is 2. The number of piperidine rings is 1. The van der Waals surface area contributed by atoms with E-state index in [9.17, 15) is 4.79 Å². The van der Waals surface area contributed by atoms with Crippen LogP contribution in [-0.4, -0.2) is 44.0 Å². The molecule has 1 saturated heterocycles. The van der Waals surface area contributed by atoms with E-state index in [1.54, 1.807) is 0 Å². The first kappa shape index (κ1) is 15.8. The number of likely N-dealkylation sites (tertiary alicyclic amines) is 1. The first-order valence-corrected chi connectivity index (χ1v) is 7.91. The number of anilines is 1. The van der Waals surface area contributed by atoms with Crippen molar-refractivity contribution in [2.75, 3.05) is 38.5 Å². The molecule has 2 N–H and O–H groups in total. The normalized spacial score (nSPS) is 19.3. The Labute approximate surface area is 127 Å². The lowest BCUT2D eigenvalue weighted by atomic mass is 9.98. The zero-order valence-corrected chi connectivity index (χ0v) is 13.4. The molecule has 1 aliphatic heterocycles. The van der Waals surface area contributed by atoms with E-state index in [0.29, 0.717) is 5.92 Å². The molecule has 0 aliphatic carbocycles. The Hall–Kier alpha value is -1.55. The van der Waals surface area contributed by atoms with Gasteiger partial charge in [-0.25, -0.2) is 0 Å². The number of carbonyl (C=O) groups is 1.